The Bertz CT molecular complexity index is 832. The molecule has 0 bridgehead atoms. The van der Waals surface area contributed by atoms with Crippen molar-refractivity contribution in [3.8, 4) is 0 Å². The second kappa shape index (κ2) is 7.89. The predicted octanol–water partition coefficient (Wildman–Crippen LogP) is 3.37. The molecular formula is C16H17ClN4O4. The first kappa shape index (κ1) is 18.6. The molecule has 1 N–H and O–H groups in total. The van der Waals surface area contributed by atoms with Crippen LogP contribution < -0.4 is 5.32 Å². The summed E-state index contributed by atoms with van der Waals surface area (Å²) in [5.74, 6) is -0.775. The number of hydrogen-bond donors (Lipinski definition) is 1. The summed E-state index contributed by atoms with van der Waals surface area (Å²) in [5.41, 5.74) is 1.39. The van der Waals surface area contributed by atoms with Gasteiger partial charge in [-0.15, -0.1) is 0 Å². The van der Waals surface area contributed by atoms with Gasteiger partial charge >= 0.3 is 5.82 Å². The first-order chi connectivity index (χ1) is 11.8. The van der Waals surface area contributed by atoms with Gasteiger partial charge in [0.15, 0.2) is 10.8 Å². The molecule has 0 aliphatic rings. The van der Waals surface area contributed by atoms with Crippen LogP contribution in [0.4, 0.5) is 11.5 Å². The molecule has 0 unspecified atom stereocenters. The van der Waals surface area contributed by atoms with Crippen LogP contribution in [0.3, 0.4) is 0 Å². The molecule has 0 atom stereocenters. The number of hydrogen-bond acceptors (Lipinski definition) is 5. The number of amides is 1. The van der Waals surface area contributed by atoms with E-state index in [-0.39, 0.29) is 29.0 Å². The molecule has 0 radical (unpaired) electrons. The normalized spacial score (nSPS) is 10.5. The van der Waals surface area contributed by atoms with Gasteiger partial charge in [0.25, 0.3) is 0 Å². The molecule has 1 heterocycles. The SMILES string of the molecule is CC(=O)c1ccccc1NC(=O)CCCn1nc([N+](=O)[O-])c(Cl)c1C. The third-order valence-electron chi connectivity index (χ3n) is 3.64. The first-order valence-corrected chi connectivity index (χ1v) is 7.96. The fourth-order valence-electron chi connectivity index (χ4n) is 2.34. The zero-order valence-electron chi connectivity index (χ0n) is 13.8. The van der Waals surface area contributed by atoms with Gasteiger partial charge in [0.1, 0.15) is 0 Å². The van der Waals surface area contributed by atoms with E-state index < -0.39 is 4.92 Å². The monoisotopic (exact) mass is 364 g/mol. The van der Waals surface area contributed by atoms with Crippen LogP contribution in [-0.4, -0.2) is 26.4 Å². The molecule has 8 nitrogen and oxygen atoms in total. The smallest absolute Gasteiger partial charge is 0.358 e. The largest absolute Gasteiger partial charge is 0.408 e. The van der Waals surface area contributed by atoms with Crippen LogP contribution in [-0.2, 0) is 11.3 Å². The van der Waals surface area contributed by atoms with Crippen LogP contribution in [0.15, 0.2) is 24.3 Å². The van der Waals surface area contributed by atoms with Crippen LogP contribution in [0, 0.1) is 17.0 Å². The molecule has 25 heavy (non-hydrogen) atoms. The van der Waals surface area contributed by atoms with Gasteiger partial charge in [-0.1, -0.05) is 23.7 Å². The summed E-state index contributed by atoms with van der Waals surface area (Å²) in [6.07, 6.45) is 0.598. The molecule has 0 aliphatic carbocycles. The Balaban J connectivity index is 1.95. The average molecular weight is 365 g/mol. The highest BCUT2D eigenvalue weighted by molar-refractivity contribution is 6.33. The third kappa shape index (κ3) is 4.42. The van der Waals surface area contributed by atoms with Crippen molar-refractivity contribution in [2.45, 2.75) is 33.2 Å². The molecule has 132 valence electrons. The fourth-order valence-corrected chi connectivity index (χ4v) is 2.55. The quantitative estimate of drug-likeness (QED) is 0.460. The van der Waals surface area contributed by atoms with Crippen LogP contribution >= 0.6 is 11.6 Å². The zero-order valence-corrected chi connectivity index (χ0v) is 14.5. The van der Waals surface area contributed by atoms with Crippen molar-refractivity contribution in [3.63, 3.8) is 0 Å². The van der Waals surface area contributed by atoms with Crippen LogP contribution in [0.1, 0.15) is 35.8 Å². The number of ketones is 1. The van der Waals surface area contributed by atoms with E-state index in [1.54, 1.807) is 31.2 Å². The highest BCUT2D eigenvalue weighted by Crippen LogP contribution is 2.26. The van der Waals surface area contributed by atoms with Gasteiger partial charge in [-0.2, -0.15) is 4.68 Å². The lowest BCUT2D eigenvalue weighted by Crippen LogP contribution is -2.15. The molecule has 1 amide bonds. The number of nitro groups is 1. The number of para-hydroxylation sites is 1. The van der Waals surface area contributed by atoms with Crippen molar-refractivity contribution in [1.82, 2.24) is 9.78 Å². The summed E-state index contributed by atoms with van der Waals surface area (Å²) in [5, 5.41) is 17.4. The minimum Gasteiger partial charge on any atom is -0.358 e. The van der Waals surface area contributed by atoms with Crippen LogP contribution in [0.25, 0.3) is 0 Å². The maximum absolute atomic E-state index is 12.1. The van der Waals surface area contributed by atoms with E-state index in [2.05, 4.69) is 10.4 Å². The van der Waals surface area contributed by atoms with E-state index in [0.717, 1.165) is 0 Å². The molecule has 0 fully saturated rings. The minimum absolute atomic E-state index is 0.00448. The summed E-state index contributed by atoms with van der Waals surface area (Å²) in [6, 6.07) is 6.77. The Morgan fingerprint density at radius 2 is 2.04 bits per heavy atom. The van der Waals surface area contributed by atoms with Gasteiger partial charge in [0.2, 0.25) is 5.91 Å². The van der Waals surface area contributed by atoms with Crippen molar-refractivity contribution >= 4 is 34.8 Å². The van der Waals surface area contributed by atoms with Crippen LogP contribution in [0.2, 0.25) is 5.02 Å². The average Bonchev–Trinajstić information content (AvgIpc) is 2.84. The lowest BCUT2D eigenvalue weighted by atomic mass is 10.1. The number of rotatable bonds is 7. The zero-order chi connectivity index (χ0) is 18.6. The van der Waals surface area contributed by atoms with Gasteiger partial charge in [-0.3, -0.25) is 9.59 Å². The third-order valence-corrected chi connectivity index (χ3v) is 4.09. The Kier molecular flexibility index (Phi) is 5.87. The predicted molar refractivity (Wildman–Crippen MR) is 92.9 cm³/mol. The Labute approximate surface area is 148 Å². The molecule has 2 rings (SSSR count). The van der Waals surface area contributed by atoms with E-state index in [1.807, 2.05) is 0 Å². The Morgan fingerprint density at radius 3 is 2.64 bits per heavy atom. The number of nitrogens with one attached hydrogen (secondary N) is 1. The van der Waals surface area contributed by atoms with E-state index in [1.165, 1.54) is 11.6 Å². The summed E-state index contributed by atoms with van der Waals surface area (Å²) in [4.78, 5) is 33.8. The molecule has 0 aliphatic heterocycles. The molecule has 2 aromatic rings. The van der Waals surface area contributed by atoms with E-state index in [9.17, 15) is 19.7 Å². The summed E-state index contributed by atoms with van der Waals surface area (Å²) >= 11 is 5.87. The minimum atomic E-state index is -0.642. The van der Waals surface area contributed by atoms with Gasteiger partial charge in [-0.25, -0.2) is 0 Å². The molecule has 0 saturated carbocycles. The number of benzene rings is 1. The van der Waals surface area contributed by atoms with E-state index >= 15 is 0 Å². The van der Waals surface area contributed by atoms with Crippen LogP contribution in [0.5, 0.6) is 0 Å². The Hall–Kier alpha value is -2.74. The second-order valence-electron chi connectivity index (χ2n) is 5.46. The maximum Gasteiger partial charge on any atom is 0.408 e. The van der Waals surface area contributed by atoms with Crippen molar-refractivity contribution in [2.75, 3.05) is 5.32 Å². The summed E-state index contributed by atoms with van der Waals surface area (Å²) in [6.45, 7) is 3.38. The Morgan fingerprint density at radius 1 is 1.36 bits per heavy atom. The second-order valence-corrected chi connectivity index (χ2v) is 5.83. The number of aromatic nitrogens is 2. The van der Waals surface area contributed by atoms with E-state index in [0.29, 0.717) is 29.9 Å². The summed E-state index contributed by atoms with van der Waals surface area (Å²) in [7, 11) is 0. The fraction of sp³-hybridized carbons (Fsp3) is 0.312. The van der Waals surface area contributed by atoms with Crippen molar-refractivity contribution in [2.24, 2.45) is 0 Å². The number of carbonyl (C=O) groups is 2. The molecule has 0 spiro atoms. The van der Waals surface area contributed by atoms with Crippen molar-refractivity contribution < 1.29 is 14.5 Å². The van der Waals surface area contributed by atoms with Gasteiger partial charge in [0.05, 0.1) is 23.0 Å². The summed E-state index contributed by atoms with van der Waals surface area (Å²) < 4.78 is 1.41. The van der Waals surface area contributed by atoms with E-state index in [4.69, 9.17) is 11.6 Å². The number of anilines is 1. The lowest BCUT2D eigenvalue weighted by Gasteiger charge is -2.08. The number of aryl methyl sites for hydroxylation is 1. The van der Waals surface area contributed by atoms with Gasteiger partial charge < -0.3 is 15.4 Å². The molecule has 1 aromatic carbocycles. The van der Waals surface area contributed by atoms with Crippen molar-refractivity contribution in [1.29, 1.82) is 0 Å². The van der Waals surface area contributed by atoms with Gasteiger partial charge in [-0.05, 0) is 37.3 Å². The molecule has 0 saturated heterocycles. The molecule has 1 aromatic heterocycles. The highest BCUT2D eigenvalue weighted by atomic mass is 35.5. The molecular weight excluding hydrogens is 348 g/mol. The van der Waals surface area contributed by atoms with Crippen molar-refractivity contribution in [3.05, 3.63) is 50.7 Å². The number of halogens is 1. The number of nitrogens with zero attached hydrogens (tertiary/aromatic N) is 3. The number of carbonyl (C=O) groups excluding carboxylic acids is 2. The molecule has 9 heteroatoms. The topological polar surface area (TPSA) is 107 Å². The maximum atomic E-state index is 12.1. The first-order valence-electron chi connectivity index (χ1n) is 7.58. The highest BCUT2D eigenvalue weighted by Gasteiger charge is 2.23. The number of Topliss-reactive ketones (excluding diaryl/α,β-unsaturated/α-hetero) is 1. The standard InChI is InChI=1S/C16H17ClN4O4/c1-10-15(17)16(21(24)25)19-20(10)9-5-8-14(23)18-13-7-4-3-6-12(13)11(2)22/h3-4,6-7H,5,8-9H2,1-2H3,(H,18,23). The lowest BCUT2D eigenvalue weighted by molar-refractivity contribution is -0.389. The van der Waals surface area contributed by atoms with Gasteiger partial charge in [0, 0.05) is 12.0 Å².